The maximum Gasteiger partial charge on any atom is 0.289 e. The second kappa shape index (κ2) is 8.61. The van der Waals surface area contributed by atoms with E-state index < -0.39 is 0 Å². The van der Waals surface area contributed by atoms with E-state index >= 15 is 0 Å². The van der Waals surface area contributed by atoms with Gasteiger partial charge in [-0.1, -0.05) is 13.3 Å². The smallest absolute Gasteiger partial charge is 0.289 e. The van der Waals surface area contributed by atoms with Gasteiger partial charge in [0.05, 0.1) is 0 Å². The fourth-order valence-electron chi connectivity index (χ4n) is 3.24. The molecule has 0 aliphatic carbocycles. The van der Waals surface area contributed by atoms with Gasteiger partial charge < -0.3 is 14.3 Å². The molecule has 1 amide bonds. The number of hydrogen-bond acceptors (Lipinski definition) is 4. The van der Waals surface area contributed by atoms with E-state index in [2.05, 4.69) is 16.9 Å². The number of nitrogens with zero attached hydrogens (tertiary/aromatic N) is 2. The molecular weight excluding hydrogens is 334 g/mol. The summed E-state index contributed by atoms with van der Waals surface area (Å²) in [6.45, 7) is 5.65. The molecule has 2 aromatic heterocycles. The number of unbranched alkanes of at least 4 members (excludes halogenated alkanes) is 1. The number of piperidine rings is 1. The van der Waals surface area contributed by atoms with Gasteiger partial charge in [0.1, 0.15) is 11.6 Å². The Kier molecular flexibility index (Phi) is 6.24. The summed E-state index contributed by atoms with van der Waals surface area (Å²) in [5.74, 6) is 4.67. The molecule has 25 heavy (non-hydrogen) atoms. The Morgan fingerprint density at radius 2 is 2.40 bits per heavy atom. The van der Waals surface area contributed by atoms with Crippen molar-refractivity contribution in [3.63, 3.8) is 0 Å². The van der Waals surface area contributed by atoms with Crippen LogP contribution in [0.2, 0.25) is 0 Å². The van der Waals surface area contributed by atoms with Crippen molar-refractivity contribution in [2.24, 2.45) is 0 Å². The van der Waals surface area contributed by atoms with E-state index in [4.69, 9.17) is 4.42 Å². The predicted octanol–water partition coefficient (Wildman–Crippen LogP) is 4.36. The van der Waals surface area contributed by atoms with E-state index in [-0.39, 0.29) is 11.8 Å². The molecule has 0 saturated carbocycles. The highest BCUT2D eigenvalue weighted by Crippen LogP contribution is 2.27. The number of furan rings is 1. The topological polar surface area (TPSA) is 62.1 Å². The van der Waals surface area contributed by atoms with Crippen LogP contribution >= 0.6 is 11.8 Å². The molecule has 3 heterocycles. The van der Waals surface area contributed by atoms with Gasteiger partial charge in [-0.05, 0) is 38.0 Å². The zero-order chi connectivity index (χ0) is 17.6. The van der Waals surface area contributed by atoms with Crippen LogP contribution in [0.25, 0.3) is 0 Å². The summed E-state index contributed by atoms with van der Waals surface area (Å²) in [4.78, 5) is 22.3. The summed E-state index contributed by atoms with van der Waals surface area (Å²) in [5.41, 5.74) is 1.14. The van der Waals surface area contributed by atoms with Gasteiger partial charge in [-0.3, -0.25) is 4.79 Å². The van der Waals surface area contributed by atoms with Crippen LogP contribution in [0.4, 0.5) is 0 Å². The van der Waals surface area contributed by atoms with Crippen molar-refractivity contribution in [3.05, 3.63) is 41.4 Å². The lowest BCUT2D eigenvalue weighted by Crippen LogP contribution is -2.39. The lowest BCUT2D eigenvalue weighted by molar-refractivity contribution is 0.0671. The lowest BCUT2D eigenvalue weighted by Gasteiger charge is -2.31. The van der Waals surface area contributed by atoms with Crippen LogP contribution in [0.1, 0.15) is 66.2 Å². The first kappa shape index (κ1) is 18.1. The standard InChI is InChI=1S/C19H27N3O2S/c1-3-4-10-25-13-16-11-17(24-14(16)2)19(23)22-9-5-6-15(12-22)18-20-7-8-21-18/h7-8,11,15H,3-6,9-10,12-13H2,1-2H3,(H,20,21). The number of thioether (sulfide) groups is 1. The Morgan fingerprint density at radius 3 is 3.16 bits per heavy atom. The number of imidazole rings is 1. The molecule has 1 aliphatic rings. The molecule has 0 aromatic carbocycles. The summed E-state index contributed by atoms with van der Waals surface area (Å²) >= 11 is 1.91. The molecule has 0 radical (unpaired) electrons. The van der Waals surface area contributed by atoms with Crippen molar-refractivity contribution >= 4 is 17.7 Å². The van der Waals surface area contributed by atoms with Gasteiger partial charge >= 0.3 is 0 Å². The second-order valence-electron chi connectivity index (χ2n) is 6.66. The van der Waals surface area contributed by atoms with Crippen LogP contribution < -0.4 is 0 Å². The molecule has 1 fully saturated rings. The van der Waals surface area contributed by atoms with Gasteiger partial charge in [0.2, 0.25) is 0 Å². The van der Waals surface area contributed by atoms with Crippen molar-refractivity contribution in [2.45, 2.75) is 51.2 Å². The van der Waals surface area contributed by atoms with Gasteiger partial charge in [-0.15, -0.1) is 0 Å². The molecule has 5 nitrogen and oxygen atoms in total. The molecule has 1 aliphatic heterocycles. The largest absolute Gasteiger partial charge is 0.456 e. The minimum absolute atomic E-state index is 0.00386. The van der Waals surface area contributed by atoms with Crippen LogP contribution in [0.5, 0.6) is 0 Å². The number of hydrogen-bond donors (Lipinski definition) is 1. The number of aromatic amines is 1. The summed E-state index contributed by atoms with van der Waals surface area (Å²) in [5, 5.41) is 0. The van der Waals surface area contributed by atoms with E-state index in [9.17, 15) is 4.79 Å². The van der Waals surface area contributed by atoms with Crippen LogP contribution in [0.3, 0.4) is 0 Å². The maximum atomic E-state index is 12.9. The highest BCUT2D eigenvalue weighted by molar-refractivity contribution is 7.98. The number of rotatable bonds is 7. The second-order valence-corrected chi connectivity index (χ2v) is 7.77. The average Bonchev–Trinajstić information content (AvgIpc) is 3.28. The first-order chi connectivity index (χ1) is 12.2. The fourth-order valence-corrected chi connectivity index (χ4v) is 4.38. The van der Waals surface area contributed by atoms with Crippen molar-refractivity contribution in [1.29, 1.82) is 0 Å². The summed E-state index contributed by atoms with van der Waals surface area (Å²) < 4.78 is 5.78. The van der Waals surface area contributed by atoms with E-state index in [0.29, 0.717) is 12.3 Å². The van der Waals surface area contributed by atoms with Gasteiger partial charge in [-0.2, -0.15) is 11.8 Å². The third-order valence-corrected chi connectivity index (χ3v) is 5.84. The fraction of sp³-hybridized carbons (Fsp3) is 0.579. The average molecular weight is 362 g/mol. The Bertz CT molecular complexity index is 681. The SMILES string of the molecule is CCCCSCc1cc(C(=O)N2CCCC(c3ncc[nH]3)C2)oc1C. The molecular formula is C19H27N3O2S. The number of carbonyl (C=O) groups excluding carboxylic acids is 1. The first-order valence-corrected chi connectivity index (χ1v) is 10.3. The zero-order valence-corrected chi connectivity index (χ0v) is 15.9. The van der Waals surface area contributed by atoms with Crippen molar-refractivity contribution in [2.75, 3.05) is 18.8 Å². The van der Waals surface area contributed by atoms with Crippen LogP contribution in [0, 0.1) is 6.92 Å². The predicted molar refractivity (Wildman–Crippen MR) is 101 cm³/mol. The minimum Gasteiger partial charge on any atom is -0.456 e. The number of carbonyl (C=O) groups is 1. The Morgan fingerprint density at radius 1 is 1.52 bits per heavy atom. The van der Waals surface area contributed by atoms with E-state index in [0.717, 1.165) is 48.0 Å². The van der Waals surface area contributed by atoms with Crippen LogP contribution in [-0.4, -0.2) is 39.6 Å². The maximum absolute atomic E-state index is 12.9. The van der Waals surface area contributed by atoms with Crippen LogP contribution in [-0.2, 0) is 5.75 Å². The van der Waals surface area contributed by atoms with Crippen LogP contribution in [0.15, 0.2) is 22.9 Å². The number of H-pyrrole nitrogens is 1. The Balaban J connectivity index is 1.62. The highest BCUT2D eigenvalue weighted by Gasteiger charge is 2.28. The van der Waals surface area contributed by atoms with Crippen molar-refractivity contribution in [3.8, 4) is 0 Å². The van der Waals surface area contributed by atoms with Crippen molar-refractivity contribution in [1.82, 2.24) is 14.9 Å². The van der Waals surface area contributed by atoms with Gasteiger partial charge in [0.25, 0.3) is 5.91 Å². The first-order valence-electron chi connectivity index (χ1n) is 9.14. The summed E-state index contributed by atoms with van der Waals surface area (Å²) in [6.07, 6.45) is 8.12. The Hall–Kier alpha value is -1.69. The van der Waals surface area contributed by atoms with Gasteiger partial charge in [-0.25, -0.2) is 4.98 Å². The molecule has 0 bridgehead atoms. The number of amides is 1. The molecule has 1 saturated heterocycles. The third-order valence-electron chi connectivity index (χ3n) is 4.75. The van der Waals surface area contributed by atoms with E-state index in [1.165, 1.54) is 12.8 Å². The quantitative estimate of drug-likeness (QED) is 0.744. The van der Waals surface area contributed by atoms with Gasteiger partial charge in [0, 0.05) is 42.7 Å². The molecule has 2 aromatic rings. The molecule has 1 N–H and O–H groups in total. The number of likely N-dealkylation sites (tertiary alicyclic amines) is 1. The molecule has 1 unspecified atom stereocenters. The minimum atomic E-state index is 0.00386. The number of aryl methyl sites for hydroxylation is 1. The molecule has 1 atom stereocenters. The molecule has 136 valence electrons. The van der Waals surface area contributed by atoms with Crippen molar-refractivity contribution < 1.29 is 9.21 Å². The van der Waals surface area contributed by atoms with Gasteiger partial charge in [0.15, 0.2) is 5.76 Å². The van der Waals surface area contributed by atoms with E-state index in [1.807, 2.05) is 35.8 Å². The number of nitrogens with one attached hydrogen (secondary N) is 1. The molecule has 0 spiro atoms. The number of aromatic nitrogens is 2. The molecule has 6 heteroatoms. The monoisotopic (exact) mass is 361 g/mol. The Labute approximate surface area is 153 Å². The normalized spacial score (nSPS) is 17.8. The lowest BCUT2D eigenvalue weighted by atomic mass is 9.97. The molecule has 3 rings (SSSR count). The zero-order valence-electron chi connectivity index (χ0n) is 15.1. The van der Waals surface area contributed by atoms with E-state index in [1.54, 1.807) is 6.20 Å². The third kappa shape index (κ3) is 4.48. The highest BCUT2D eigenvalue weighted by atomic mass is 32.2. The summed E-state index contributed by atoms with van der Waals surface area (Å²) in [7, 11) is 0. The summed E-state index contributed by atoms with van der Waals surface area (Å²) in [6, 6.07) is 1.94.